The van der Waals surface area contributed by atoms with Crippen LogP contribution in [0.5, 0.6) is 0 Å². The van der Waals surface area contributed by atoms with Gasteiger partial charge in [-0.3, -0.25) is 13.9 Å². The van der Waals surface area contributed by atoms with Crippen LogP contribution in [0.3, 0.4) is 0 Å². The van der Waals surface area contributed by atoms with E-state index in [4.69, 9.17) is 23.2 Å². The van der Waals surface area contributed by atoms with Crippen LogP contribution in [0.4, 0.5) is 5.69 Å². The summed E-state index contributed by atoms with van der Waals surface area (Å²) in [5, 5.41) is 5.38. The summed E-state index contributed by atoms with van der Waals surface area (Å²) in [5.41, 5.74) is 1.72. The Balaban J connectivity index is 1.58. The lowest BCUT2D eigenvalue weighted by Gasteiger charge is -2.34. The molecule has 1 N–H and O–H groups in total. The molecule has 1 atom stereocenters. The highest BCUT2D eigenvalue weighted by molar-refractivity contribution is 7.92. The molecule has 1 saturated carbocycles. The third-order valence-electron chi connectivity index (χ3n) is 8.08. The summed E-state index contributed by atoms with van der Waals surface area (Å²) in [7, 11) is -3.92. The minimum atomic E-state index is -3.92. The highest BCUT2D eigenvalue weighted by Gasteiger charge is 2.35. The van der Waals surface area contributed by atoms with Gasteiger partial charge in [0.15, 0.2) is 0 Å². The molecule has 4 aromatic carbocycles. The Kier molecular flexibility index (Phi) is 10.1. The molecule has 1 unspecified atom stereocenters. The molecule has 0 aromatic heterocycles. The Morgan fingerprint density at radius 3 is 2.16 bits per heavy atom. The number of rotatable bonds is 11. The third-order valence-corrected chi connectivity index (χ3v) is 9.91. The molecule has 5 rings (SSSR count). The van der Waals surface area contributed by atoms with Gasteiger partial charge < -0.3 is 10.2 Å². The number of hydrogen-bond donors (Lipinski definition) is 1. The zero-order valence-corrected chi connectivity index (χ0v) is 26.8. The molecule has 0 saturated heterocycles. The molecule has 4 aromatic rings. The molecule has 1 fully saturated rings. The van der Waals surface area contributed by atoms with E-state index in [1.54, 1.807) is 30.3 Å². The summed E-state index contributed by atoms with van der Waals surface area (Å²) in [5.74, 6) is -0.852. The second kappa shape index (κ2) is 14.0. The molecule has 0 heterocycles. The van der Waals surface area contributed by atoms with Crippen molar-refractivity contribution >= 4 is 61.5 Å². The van der Waals surface area contributed by atoms with Gasteiger partial charge in [-0.1, -0.05) is 109 Å². The van der Waals surface area contributed by atoms with Crippen molar-refractivity contribution in [2.45, 2.75) is 50.7 Å². The van der Waals surface area contributed by atoms with Crippen LogP contribution in [0.1, 0.15) is 36.8 Å². The first-order valence-electron chi connectivity index (χ1n) is 14.6. The quantitative estimate of drug-likeness (QED) is 0.198. The molecule has 0 aliphatic heterocycles. The van der Waals surface area contributed by atoms with Gasteiger partial charge in [0.2, 0.25) is 21.8 Å². The van der Waals surface area contributed by atoms with Crippen molar-refractivity contribution < 1.29 is 18.0 Å². The monoisotopic (exact) mass is 651 g/mol. The smallest absolute Gasteiger partial charge is 0.244 e. The largest absolute Gasteiger partial charge is 0.352 e. The van der Waals surface area contributed by atoms with Gasteiger partial charge in [0, 0.05) is 40.0 Å². The number of nitrogens with zero attached hydrogens (tertiary/aromatic N) is 2. The van der Waals surface area contributed by atoms with Gasteiger partial charge in [-0.2, -0.15) is 0 Å². The van der Waals surface area contributed by atoms with Crippen LogP contribution in [0.2, 0.25) is 10.0 Å². The summed E-state index contributed by atoms with van der Waals surface area (Å²) in [6.07, 6.45) is 5.10. The Hall–Kier alpha value is -3.59. The Bertz CT molecular complexity index is 1720. The predicted molar refractivity (Wildman–Crippen MR) is 177 cm³/mol. The number of carbonyl (C=O) groups is 2. The van der Waals surface area contributed by atoms with E-state index in [2.05, 4.69) is 5.32 Å². The zero-order valence-electron chi connectivity index (χ0n) is 24.5. The first-order chi connectivity index (χ1) is 21.1. The Labute approximate surface area is 268 Å². The number of amides is 2. The number of hydrogen-bond acceptors (Lipinski definition) is 4. The molecule has 1 aliphatic rings. The van der Waals surface area contributed by atoms with Crippen LogP contribution in [0.15, 0.2) is 91.0 Å². The first kappa shape index (κ1) is 31.8. The van der Waals surface area contributed by atoms with Gasteiger partial charge in [-0.25, -0.2) is 8.42 Å². The van der Waals surface area contributed by atoms with Crippen molar-refractivity contribution in [3.63, 3.8) is 0 Å². The standard InChI is InChI=1S/C34H35Cl2N3O4S/c1-44(42,43)39(31-20-9-14-25-13-5-8-17-27(25)31)23-33(40)38(22-28-29(35)18-10-19-30(28)36)32(21-24-11-3-2-4-12-24)34(41)37-26-15-6-7-16-26/h2-5,8-14,17-20,26,32H,6-7,15-16,21-23H2,1H3,(H,37,41). The maximum atomic E-state index is 14.5. The van der Waals surface area contributed by atoms with Gasteiger partial charge in [-0.05, 0) is 42.0 Å². The lowest BCUT2D eigenvalue weighted by Crippen LogP contribution is -2.54. The van der Waals surface area contributed by atoms with Crippen LogP contribution < -0.4 is 9.62 Å². The van der Waals surface area contributed by atoms with Crippen molar-refractivity contribution in [2.75, 3.05) is 17.1 Å². The number of sulfonamides is 1. The van der Waals surface area contributed by atoms with Gasteiger partial charge in [-0.15, -0.1) is 0 Å². The zero-order chi connectivity index (χ0) is 31.3. The van der Waals surface area contributed by atoms with Crippen LogP contribution in [-0.4, -0.2) is 50.0 Å². The molecule has 1 aliphatic carbocycles. The minimum Gasteiger partial charge on any atom is -0.352 e. The molecule has 44 heavy (non-hydrogen) atoms. The van der Waals surface area contributed by atoms with Crippen LogP contribution in [0, 0.1) is 0 Å². The summed E-state index contributed by atoms with van der Waals surface area (Å²) >= 11 is 13.1. The van der Waals surface area contributed by atoms with E-state index in [0.29, 0.717) is 26.7 Å². The number of nitrogens with one attached hydrogen (secondary N) is 1. The third kappa shape index (κ3) is 7.54. The lowest BCUT2D eigenvalue weighted by atomic mass is 10.0. The van der Waals surface area contributed by atoms with Crippen molar-refractivity contribution in [1.82, 2.24) is 10.2 Å². The fraction of sp³-hybridized carbons (Fsp3) is 0.294. The summed E-state index contributed by atoms with van der Waals surface area (Å²) in [6, 6.07) is 26.3. The maximum absolute atomic E-state index is 14.5. The molecule has 10 heteroatoms. The van der Waals surface area contributed by atoms with Gasteiger partial charge >= 0.3 is 0 Å². The fourth-order valence-corrected chi connectivity index (χ4v) is 7.17. The van der Waals surface area contributed by atoms with Gasteiger partial charge in [0.25, 0.3) is 0 Å². The van der Waals surface area contributed by atoms with Crippen LogP contribution >= 0.6 is 23.2 Å². The van der Waals surface area contributed by atoms with E-state index < -0.39 is 28.5 Å². The number of benzene rings is 4. The Morgan fingerprint density at radius 1 is 0.864 bits per heavy atom. The highest BCUT2D eigenvalue weighted by atomic mass is 35.5. The van der Waals surface area contributed by atoms with E-state index in [1.807, 2.05) is 60.7 Å². The second-order valence-corrected chi connectivity index (χ2v) is 13.9. The highest BCUT2D eigenvalue weighted by Crippen LogP contribution is 2.31. The van der Waals surface area contributed by atoms with Gasteiger partial charge in [0.05, 0.1) is 11.9 Å². The number of anilines is 1. The molecule has 2 amide bonds. The number of carbonyl (C=O) groups excluding carboxylic acids is 2. The van der Waals surface area contributed by atoms with Crippen LogP contribution in [-0.2, 0) is 32.6 Å². The number of fused-ring (bicyclic) bond motifs is 1. The van der Waals surface area contributed by atoms with Crippen LogP contribution in [0.25, 0.3) is 10.8 Å². The van der Waals surface area contributed by atoms with E-state index in [-0.39, 0.29) is 24.9 Å². The fourth-order valence-electron chi connectivity index (χ4n) is 5.80. The topological polar surface area (TPSA) is 86.8 Å². The predicted octanol–water partition coefficient (Wildman–Crippen LogP) is 6.61. The molecule has 0 spiro atoms. The molecule has 0 radical (unpaired) electrons. The molecule has 7 nitrogen and oxygen atoms in total. The summed E-state index contributed by atoms with van der Waals surface area (Å²) in [6.45, 7) is -0.600. The van der Waals surface area contributed by atoms with Gasteiger partial charge in [0.1, 0.15) is 12.6 Å². The maximum Gasteiger partial charge on any atom is 0.244 e. The summed E-state index contributed by atoms with van der Waals surface area (Å²) in [4.78, 5) is 29.9. The van der Waals surface area contributed by atoms with Crippen molar-refractivity contribution in [3.05, 3.63) is 112 Å². The lowest BCUT2D eigenvalue weighted by molar-refractivity contribution is -0.140. The van der Waals surface area contributed by atoms with E-state index in [0.717, 1.165) is 47.2 Å². The average molecular weight is 653 g/mol. The normalized spacial score (nSPS) is 14.3. The van der Waals surface area contributed by atoms with Crippen molar-refractivity contribution in [1.29, 1.82) is 0 Å². The SMILES string of the molecule is CS(=O)(=O)N(CC(=O)N(Cc1c(Cl)cccc1Cl)C(Cc1ccccc1)C(=O)NC1CCCC1)c1cccc2ccccc12. The first-order valence-corrected chi connectivity index (χ1v) is 17.2. The Morgan fingerprint density at radius 2 is 1.48 bits per heavy atom. The molecule has 0 bridgehead atoms. The van der Waals surface area contributed by atoms with Crippen molar-refractivity contribution in [3.8, 4) is 0 Å². The average Bonchev–Trinajstić information content (AvgIpc) is 3.51. The minimum absolute atomic E-state index is 0.0184. The molecule has 230 valence electrons. The molecular weight excluding hydrogens is 617 g/mol. The number of halogens is 2. The second-order valence-electron chi connectivity index (χ2n) is 11.2. The van der Waals surface area contributed by atoms with Crippen molar-refractivity contribution in [2.24, 2.45) is 0 Å². The summed E-state index contributed by atoms with van der Waals surface area (Å²) < 4.78 is 27.6. The van der Waals surface area contributed by atoms with E-state index in [9.17, 15) is 18.0 Å². The van der Waals surface area contributed by atoms with E-state index >= 15 is 0 Å². The molecular formula is C34H35Cl2N3O4S. The van der Waals surface area contributed by atoms with E-state index in [1.165, 1.54) is 4.90 Å².